The lowest BCUT2D eigenvalue weighted by molar-refractivity contribution is 0.223. The van der Waals surface area contributed by atoms with Gasteiger partial charge in [-0.15, -0.1) is 0 Å². The van der Waals surface area contributed by atoms with Gasteiger partial charge in [0.2, 0.25) is 10.0 Å². The molecule has 100 valence electrons. The summed E-state index contributed by atoms with van der Waals surface area (Å²) in [7, 11) is -3.55. The standard InChI is InChI=1S/C12H17FN2O2S/c13-10-4-6-12(7-5-10)18(16,17)15(9-8-14)11-2-1-3-11/h4-7,11H,1-3,8-9,14H2. The maximum absolute atomic E-state index is 12.8. The summed E-state index contributed by atoms with van der Waals surface area (Å²) in [6, 6.07) is 4.96. The fourth-order valence-electron chi connectivity index (χ4n) is 2.04. The van der Waals surface area contributed by atoms with Crippen LogP contribution in [0.2, 0.25) is 0 Å². The van der Waals surface area contributed by atoms with Crippen molar-refractivity contribution in [3.8, 4) is 0 Å². The second-order valence-electron chi connectivity index (χ2n) is 4.44. The Morgan fingerprint density at radius 1 is 1.28 bits per heavy atom. The lowest BCUT2D eigenvalue weighted by Gasteiger charge is -2.36. The van der Waals surface area contributed by atoms with Gasteiger partial charge in [-0.05, 0) is 37.1 Å². The Morgan fingerprint density at radius 3 is 2.33 bits per heavy atom. The molecule has 6 heteroatoms. The second-order valence-corrected chi connectivity index (χ2v) is 6.33. The van der Waals surface area contributed by atoms with Gasteiger partial charge in [0.1, 0.15) is 5.82 Å². The van der Waals surface area contributed by atoms with Crippen LogP contribution in [-0.2, 0) is 10.0 Å². The normalized spacial score (nSPS) is 16.8. The predicted molar refractivity (Wildman–Crippen MR) is 67.0 cm³/mol. The molecule has 1 fully saturated rings. The maximum atomic E-state index is 12.8. The average molecular weight is 272 g/mol. The predicted octanol–water partition coefficient (Wildman–Crippen LogP) is 1.33. The molecule has 18 heavy (non-hydrogen) atoms. The Labute approximate surface area is 107 Å². The Morgan fingerprint density at radius 2 is 1.89 bits per heavy atom. The molecule has 4 nitrogen and oxygen atoms in total. The molecular formula is C12H17FN2O2S. The van der Waals surface area contributed by atoms with Gasteiger partial charge in [-0.3, -0.25) is 0 Å². The van der Waals surface area contributed by atoms with E-state index >= 15 is 0 Å². The molecule has 0 radical (unpaired) electrons. The van der Waals surface area contributed by atoms with Crippen molar-refractivity contribution in [2.24, 2.45) is 5.73 Å². The van der Waals surface area contributed by atoms with E-state index in [0.717, 1.165) is 31.4 Å². The zero-order valence-corrected chi connectivity index (χ0v) is 10.9. The summed E-state index contributed by atoms with van der Waals surface area (Å²) >= 11 is 0. The summed E-state index contributed by atoms with van der Waals surface area (Å²) in [6.07, 6.45) is 2.80. The number of sulfonamides is 1. The molecule has 0 bridgehead atoms. The molecule has 1 aromatic rings. The number of hydrogen-bond donors (Lipinski definition) is 1. The molecule has 0 amide bonds. The van der Waals surface area contributed by atoms with E-state index in [4.69, 9.17) is 5.73 Å². The Hall–Kier alpha value is -0.980. The molecule has 2 N–H and O–H groups in total. The zero-order chi connectivity index (χ0) is 13.2. The largest absolute Gasteiger partial charge is 0.329 e. The first-order chi connectivity index (χ1) is 8.55. The van der Waals surface area contributed by atoms with Crippen LogP contribution in [0.5, 0.6) is 0 Å². The summed E-state index contributed by atoms with van der Waals surface area (Å²) < 4.78 is 39.1. The number of nitrogens with two attached hydrogens (primary N) is 1. The van der Waals surface area contributed by atoms with Gasteiger partial charge in [0, 0.05) is 19.1 Å². The molecule has 0 heterocycles. The number of benzene rings is 1. The number of nitrogens with zero attached hydrogens (tertiary/aromatic N) is 1. The lowest BCUT2D eigenvalue weighted by atomic mass is 9.93. The van der Waals surface area contributed by atoms with E-state index in [1.54, 1.807) is 0 Å². The minimum Gasteiger partial charge on any atom is -0.329 e. The minimum absolute atomic E-state index is 0.0450. The van der Waals surface area contributed by atoms with Crippen LogP contribution in [0.3, 0.4) is 0 Å². The zero-order valence-electron chi connectivity index (χ0n) is 10.0. The van der Waals surface area contributed by atoms with Crippen molar-refractivity contribution >= 4 is 10.0 Å². The van der Waals surface area contributed by atoms with E-state index in [0.29, 0.717) is 6.54 Å². The topological polar surface area (TPSA) is 63.4 Å². The molecule has 1 aliphatic carbocycles. The molecule has 0 aromatic heterocycles. The summed E-state index contributed by atoms with van der Waals surface area (Å²) in [6.45, 7) is 0.599. The Bertz CT molecular complexity index is 497. The van der Waals surface area contributed by atoms with Crippen molar-refractivity contribution in [2.75, 3.05) is 13.1 Å². The van der Waals surface area contributed by atoms with E-state index < -0.39 is 15.8 Å². The van der Waals surface area contributed by atoms with Crippen molar-refractivity contribution in [3.63, 3.8) is 0 Å². The number of hydrogen-bond acceptors (Lipinski definition) is 3. The minimum atomic E-state index is -3.55. The monoisotopic (exact) mass is 272 g/mol. The van der Waals surface area contributed by atoms with E-state index in [1.807, 2.05) is 0 Å². The van der Waals surface area contributed by atoms with Gasteiger partial charge >= 0.3 is 0 Å². The van der Waals surface area contributed by atoms with Crippen molar-refractivity contribution in [1.82, 2.24) is 4.31 Å². The lowest BCUT2D eigenvalue weighted by Crippen LogP contribution is -2.46. The van der Waals surface area contributed by atoms with Crippen LogP contribution < -0.4 is 5.73 Å². The third-order valence-corrected chi connectivity index (χ3v) is 5.22. The molecule has 0 atom stereocenters. The maximum Gasteiger partial charge on any atom is 0.243 e. The van der Waals surface area contributed by atoms with E-state index in [9.17, 15) is 12.8 Å². The third kappa shape index (κ3) is 2.55. The molecular weight excluding hydrogens is 255 g/mol. The van der Waals surface area contributed by atoms with Crippen LogP contribution >= 0.6 is 0 Å². The molecule has 1 aromatic carbocycles. The highest BCUT2D eigenvalue weighted by Gasteiger charge is 2.34. The first-order valence-electron chi connectivity index (χ1n) is 6.03. The molecule has 0 unspecified atom stereocenters. The molecule has 0 aliphatic heterocycles. The molecule has 0 saturated heterocycles. The highest BCUT2D eigenvalue weighted by atomic mass is 32.2. The van der Waals surface area contributed by atoms with Crippen LogP contribution in [0.1, 0.15) is 19.3 Å². The first kappa shape index (κ1) is 13.5. The van der Waals surface area contributed by atoms with E-state index in [-0.39, 0.29) is 17.5 Å². The van der Waals surface area contributed by atoms with Crippen LogP contribution in [0.4, 0.5) is 4.39 Å². The van der Waals surface area contributed by atoms with Crippen LogP contribution in [0, 0.1) is 5.82 Å². The molecule has 0 spiro atoms. The van der Waals surface area contributed by atoms with Gasteiger partial charge < -0.3 is 5.73 Å². The average Bonchev–Trinajstić information content (AvgIpc) is 2.26. The third-order valence-electron chi connectivity index (χ3n) is 3.25. The van der Waals surface area contributed by atoms with Crippen LogP contribution in [-0.4, -0.2) is 31.9 Å². The fraction of sp³-hybridized carbons (Fsp3) is 0.500. The van der Waals surface area contributed by atoms with Gasteiger partial charge in [0.15, 0.2) is 0 Å². The molecule has 1 saturated carbocycles. The van der Waals surface area contributed by atoms with Crippen LogP contribution in [0.15, 0.2) is 29.2 Å². The van der Waals surface area contributed by atoms with Crippen molar-refractivity contribution in [1.29, 1.82) is 0 Å². The van der Waals surface area contributed by atoms with Gasteiger partial charge in [0.25, 0.3) is 0 Å². The van der Waals surface area contributed by atoms with Gasteiger partial charge in [-0.1, -0.05) is 6.42 Å². The summed E-state index contributed by atoms with van der Waals surface area (Å²) in [5.74, 6) is -0.442. The highest BCUT2D eigenvalue weighted by Crippen LogP contribution is 2.29. The van der Waals surface area contributed by atoms with Crippen LogP contribution in [0.25, 0.3) is 0 Å². The van der Waals surface area contributed by atoms with Gasteiger partial charge in [-0.2, -0.15) is 4.31 Å². The van der Waals surface area contributed by atoms with E-state index in [2.05, 4.69) is 0 Å². The number of halogens is 1. The summed E-state index contributed by atoms with van der Waals surface area (Å²) in [5, 5.41) is 0. The molecule has 1 aliphatic rings. The highest BCUT2D eigenvalue weighted by molar-refractivity contribution is 7.89. The van der Waals surface area contributed by atoms with Gasteiger partial charge in [0.05, 0.1) is 4.90 Å². The Balaban J connectivity index is 2.29. The Kier molecular flexibility index (Phi) is 3.99. The first-order valence-corrected chi connectivity index (χ1v) is 7.47. The fourth-order valence-corrected chi connectivity index (χ4v) is 3.74. The SMILES string of the molecule is NCCN(C1CCC1)S(=O)(=O)c1ccc(F)cc1. The van der Waals surface area contributed by atoms with E-state index in [1.165, 1.54) is 16.4 Å². The van der Waals surface area contributed by atoms with Crippen molar-refractivity contribution < 1.29 is 12.8 Å². The molecule has 2 rings (SSSR count). The van der Waals surface area contributed by atoms with Crippen molar-refractivity contribution in [3.05, 3.63) is 30.1 Å². The smallest absolute Gasteiger partial charge is 0.243 e. The second kappa shape index (κ2) is 5.34. The van der Waals surface area contributed by atoms with Crippen molar-refractivity contribution in [2.45, 2.75) is 30.2 Å². The number of rotatable bonds is 5. The summed E-state index contributed by atoms with van der Waals surface area (Å²) in [4.78, 5) is 0.129. The quantitative estimate of drug-likeness (QED) is 0.879. The van der Waals surface area contributed by atoms with Gasteiger partial charge in [-0.25, -0.2) is 12.8 Å². The summed E-state index contributed by atoms with van der Waals surface area (Å²) in [5.41, 5.74) is 5.48.